The standard InChI is InChI=1S/C26H36N2O9/c1-6-7-9-18-23(37-20(30)12-14(2)3)16(5)36-26(34)21(15(4)35-25(18)33)28-24(32)17-10-8-11-19(22(17)31)27-13-29/h8,10-11,13-16,18,21,23,31H,6-7,9,12H2,1-5H3,(H,27,29)(H,28,32)/t15-,16-,18-,21+,23+/m0/s1. The quantitative estimate of drug-likeness (QED) is 0.183. The highest BCUT2D eigenvalue weighted by Gasteiger charge is 2.43. The highest BCUT2D eigenvalue weighted by Crippen LogP contribution is 2.29. The highest BCUT2D eigenvalue weighted by molar-refractivity contribution is 6.01. The third kappa shape index (κ3) is 7.93. The van der Waals surface area contributed by atoms with Gasteiger partial charge in [0.25, 0.3) is 5.91 Å². The first kappa shape index (κ1) is 29.6. The summed E-state index contributed by atoms with van der Waals surface area (Å²) in [6.07, 6.45) is -0.952. The molecule has 11 heteroatoms. The topological polar surface area (TPSA) is 157 Å². The van der Waals surface area contributed by atoms with Crippen LogP contribution in [0.2, 0.25) is 0 Å². The van der Waals surface area contributed by atoms with E-state index in [0.717, 1.165) is 6.42 Å². The van der Waals surface area contributed by atoms with Crippen molar-refractivity contribution < 1.29 is 43.3 Å². The number of benzene rings is 1. The van der Waals surface area contributed by atoms with Gasteiger partial charge in [0.2, 0.25) is 6.41 Å². The molecule has 1 aliphatic rings. The number of carbonyl (C=O) groups is 5. The van der Waals surface area contributed by atoms with Crippen LogP contribution in [0.25, 0.3) is 0 Å². The molecule has 0 spiro atoms. The van der Waals surface area contributed by atoms with Crippen LogP contribution in [0, 0.1) is 11.8 Å². The number of hydrogen-bond acceptors (Lipinski definition) is 9. The number of cyclic esters (lactones) is 2. The van der Waals surface area contributed by atoms with Crippen molar-refractivity contribution in [3.8, 4) is 5.75 Å². The fraction of sp³-hybridized carbons (Fsp3) is 0.577. The lowest BCUT2D eigenvalue weighted by Crippen LogP contribution is -2.50. The Morgan fingerprint density at radius 3 is 2.43 bits per heavy atom. The lowest BCUT2D eigenvalue weighted by Gasteiger charge is -2.29. The normalized spacial score (nSPS) is 24.1. The first-order chi connectivity index (χ1) is 17.5. The number of rotatable bonds is 10. The van der Waals surface area contributed by atoms with E-state index in [1.807, 2.05) is 20.8 Å². The van der Waals surface area contributed by atoms with Crippen molar-refractivity contribution in [3.05, 3.63) is 23.8 Å². The van der Waals surface area contributed by atoms with Crippen LogP contribution < -0.4 is 10.6 Å². The first-order valence-corrected chi connectivity index (χ1v) is 12.4. The minimum atomic E-state index is -1.42. The number of anilines is 1. The van der Waals surface area contributed by atoms with Gasteiger partial charge >= 0.3 is 17.9 Å². The smallest absolute Gasteiger partial charge is 0.332 e. The number of phenols is 1. The van der Waals surface area contributed by atoms with Crippen molar-refractivity contribution in [1.82, 2.24) is 5.32 Å². The van der Waals surface area contributed by atoms with Crippen molar-refractivity contribution in [2.75, 3.05) is 5.32 Å². The van der Waals surface area contributed by atoms with Gasteiger partial charge in [0.05, 0.1) is 17.2 Å². The minimum Gasteiger partial charge on any atom is -0.505 e. The molecule has 0 radical (unpaired) electrons. The Hall–Kier alpha value is -3.63. The molecule has 1 aliphatic heterocycles. The summed E-state index contributed by atoms with van der Waals surface area (Å²) >= 11 is 0. The molecule has 2 rings (SSSR count). The van der Waals surface area contributed by atoms with Crippen LogP contribution in [0.5, 0.6) is 5.75 Å². The summed E-state index contributed by atoms with van der Waals surface area (Å²) < 4.78 is 16.8. The van der Waals surface area contributed by atoms with Crippen LogP contribution in [-0.4, -0.2) is 59.7 Å². The van der Waals surface area contributed by atoms with E-state index in [-0.39, 0.29) is 23.6 Å². The van der Waals surface area contributed by atoms with Crippen LogP contribution in [0.15, 0.2) is 18.2 Å². The predicted octanol–water partition coefficient (Wildman–Crippen LogP) is 2.70. The summed E-state index contributed by atoms with van der Waals surface area (Å²) in [7, 11) is 0. The number of phenolic OH excluding ortho intramolecular Hbond substituents is 1. The van der Waals surface area contributed by atoms with Crippen LogP contribution in [0.3, 0.4) is 0 Å². The van der Waals surface area contributed by atoms with Gasteiger partial charge in [0.1, 0.15) is 12.2 Å². The Balaban J connectivity index is 2.34. The van der Waals surface area contributed by atoms with E-state index in [9.17, 15) is 29.1 Å². The van der Waals surface area contributed by atoms with Crippen molar-refractivity contribution in [2.45, 2.75) is 84.7 Å². The molecule has 1 aromatic rings. The van der Waals surface area contributed by atoms with E-state index in [0.29, 0.717) is 19.3 Å². The summed E-state index contributed by atoms with van der Waals surface area (Å²) in [5, 5.41) is 15.1. The van der Waals surface area contributed by atoms with Crippen LogP contribution in [-0.2, 0) is 33.4 Å². The lowest BCUT2D eigenvalue weighted by atomic mass is 9.92. The fourth-order valence-electron chi connectivity index (χ4n) is 4.03. The van der Waals surface area contributed by atoms with Gasteiger partial charge in [0.15, 0.2) is 17.9 Å². The molecular formula is C26H36N2O9. The van der Waals surface area contributed by atoms with Gasteiger partial charge in [-0.2, -0.15) is 0 Å². The van der Waals surface area contributed by atoms with E-state index >= 15 is 0 Å². The average molecular weight is 521 g/mol. The zero-order valence-electron chi connectivity index (χ0n) is 21.8. The predicted molar refractivity (Wildman–Crippen MR) is 133 cm³/mol. The van der Waals surface area contributed by atoms with Gasteiger partial charge in [-0.3, -0.25) is 19.2 Å². The first-order valence-electron chi connectivity index (χ1n) is 12.4. The summed E-state index contributed by atoms with van der Waals surface area (Å²) in [5.74, 6) is -4.29. The molecule has 0 aromatic heterocycles. The molecule has 1 saturated heterocycles. The molecule has 0 unspecified atom stereocenters. The summed E-state index contributed by atoms with van der Waals surface area (Å²) in [6, 6.07) is 2.70. The van der Waals surface area contributed by atoms with Gasteiger partial charge in [-0.1, -0.05) is 39.7 Å². The van der Waals surface area contributed by atoms with Gasteiger partial charge in [-0.15, -0.1) is 0 Å². The summed E-state index contributed by atoms with van der Waals surface area (Å²) in [5.41, 5.74) is -0.218. The second-order valence-electron chi connectivity index (χ2n) is 9.50. The Bertz CT molecular complexity index is 994. The zero-order chi connectivity index (χ0) is 27.7. The second kappa shape index (κ2) is 13.6. The largest absolute Gasteiger partial charge is 0.505 e. The maximum absolute atomic E-state index is 13.2. The maximum atomic E-state index is 13.2. The number of carbonyl (C=O) groups excluding carboxylic acids is 5. The number of ether oxygens (including phenoxy) is 3. The summed E-state index contributed by atoms with van der Waals surface area (Å²) in [4.78, 5) is 62.5. The molecule has 204 valence electrons. The van der Waals surface area contributed by atoms with Gasteiger partial charge in [-0.05, 0) is 38.3 Å². The Morgan fingerprint density at radius 1 is 1.14 bits per heavy atom. The van der Waals surface area contributed by atoms with E-state index < -0.39 is 59.8 Å². The third-order valence-corrected chi connectivity index (χ3v) is 5.98. The number of para-hydroxylation sites is 1. The number of esters is 3. The van der Waals surface area contributed by atoms with Crippen LogP contribution in [0.4, 0.5) is 5.69 Å². The van der Waals surface area contributed by atoms with Crippen molar-refractivity contribution in [3.63, 3.8) is 0 Å². The van der Waals surface area contributed by atoms with Gasteiger partial charge in [0, 0.05) is 6.42 Å². The number of amides is 2. The van der Waals surface area contributed by atoms with E-state index in [4.69, 9.17) is 14.2 Å². The maximum Gasteiger partial charge on any atom is 0.332 e. The molecule has 1 fully saturated rings. The number of aromatic hydroxyl groups is 1. The van der Waals surface area contributed by atoms with Crippen LogP contribution >= 0.6 is 0 Å². The molecule has 37 heavy (non-hydrogen) atoms. The molecule has 0 saturated carbocycles. The monoisotopic (exact) mass is 520 g/mol. The van der Waals surface area contributed by atoms with Crippen molar-refractivity contribution in [1.29, 1.82) is 0 Å². The van der Waals surface area contributed by atoms with Gasteiger partial charge in [-0.25, -0.2) is 4.79 Å². The molecular weight excluding hydrogens is 484 g/mol. The third-order valence-electron chi connectivity index (χ3n) is 5.98. The molecule has 1 heterocycles. The molecule has 1 aromatic carbocycles. The average Bonchev–Trinajstić information content (AvgIpc) is 2.84. The minimum absolute atomic E-state index is 0.00221. The second-order valence-corrected chi connectivity index (χ2v) is 9.50. The van der Waals surface area contributed by atoms with E-state index in [2.05, 4.69) is 10.6 Å². The van der Waals surface area contributed by atoms with Crippen molar-refractivity contribution in [2.24, 2.45) is 11.8 Å². The SMILES string of the molecule is CCCC[C@@H]1C(=O)O[C@@H](C)[C@@H](NC(=O)c2cccc(NC=O)c2O)C(=O)O[C@@H](C)[C@H]1OC(=O)CC(C)C. The molecule has 11 nitrogen and oxygen atoms in total. The molecule has 2 amide bonds. The summed E-state index contributed by atoms with van der Waals surface area (Å²) in [6.45, 7) is 8.61. The highest BCUT2D eigenvalue weighted by atomic mass is 16.6. The Kier molecular flexibility index (Phi) is 10.9. The Morgan fingerprint density at radius 2 is 1.81 bits per heavy atom. The molecule has 0 bridgehead atoms. The molecule has 3 N–H and O–H groups in total. The van der Waals surface area contributed by atoms with Crippen LogP contribution in [0.1, 0.15) is 70.7 Å². The number of nitrogens with one attached hydrogen (secondary N) is 2. The van der Waals surface area contributed by atoms with Crippen molar-refractivity contribution >= 4 is 35.9 Å². The Labute approximate surface area is 216 Å². The van der Waals surface area contributed by atoms with Gasteiger partial charge < -0.3 is 30.0 Å². The lowest BCUT2D eigenvalue weighted by molar-refractivity contribution is -0.175. The molecule has 5 atom stereocenters. The number of hydrogen-bond donors (Lipinski definition) is 3. The number of unbranched alkanes of at least 4 members (excludes halogenated alkanes) is 1. The zero-order valence-corrected chi connectivity index (χ0v) is 21.8. The van der Waals surface area contributed by atoms with E-state index in [1.54, 1.807) is 0 Å². The molecule has 0 aliphatic carbocycles. The van der Waals surface area contributed by atoms with E-state index in [1.165, 1.54) is 32.0 Å². The fourth-order valence-corrected chi connectivity index (χ4v) is 4.03.